The number of rotatable bonds is 5. The fourth-order valence-electron chi connectivity index (χ4n) is 2.39. The molecular formula is C14H19Cl2N. The van der Waals surface area contributed by atoms with Gasteiger partial charge in [0.2, 0.25) is 0 Å². The normalized spacial score (nSPS) is 17.5. The lowest BCUT2D eigenvalue weighted by molar-refractivity contribution is 0.275. The Bertz CT molecular complexity index is 395. The van der Waals surface area contributed by atoms with Gasteiger partial charge in [-0.05, 0) is 43.6 Å². The highest BCUT2D eigenvalue weighted by atomic mass is 35.5. The zero-order valence-corrected chi connectivity index (χ0v) is 12.0. The van der Waals surface area contributed by atoms with Crippen molar-refractivity contribution < 1.29 is 0 Å². The molecule has 0 N–H and O–H groups in total. The summed E-state index contributed by atoms with van der Waals surface area (Å²) in [6.07, 6.45) is 2.53. The minimum Gasteiger partial charge on any atom is -0.303 e. The molecule has 0 spiro atoms. The summed E-state index contributed by atoms with van der Waals surface area (Å²) < 4.78 is 0. The molecule has 17 heavy (non-hydrogen) atoms. The van der Waals surface area contributed by atoms with E-state index in [0.717, 1.165) is 19.6 Å². The number of halogens is 2. The average Bonchev–Trinajstić information content (AvgIpc) is 3.10. The zero-order valence-electron chi connectivity index (χ0n) is 10.5. The molecule has 0 aliphatic heterocycles. The molecule has 0 bridgehead atoms. The third-order valence-corrected chi connectivity index (χ3v) is 4.55. The molecule has 2 rings (SSSR count). The van der Waals surface area contributed by atoms with Crippen LogP contribution >= 0.6 is 23.2 Å². The van der Waals surface area contributed by atoms with Crippen LogP contribution in [0, 0.1) is 0 Å². The molecule has 0 radical (unpaired) electrons. The molecule has 1 saturated carbocycles. The lowest BCUT2D eigenvalue weighted by Gasteiger charge is -2.25. The maximum atomic E-state index is 6.11. The van der Waals surface area contributed by atoms with Crippen molar-refractivity contribution in [3.63, 3.8) is 0 Å². The Morgan fingerprint density at radius 1 is 1.12 bits per heavy atom. The highest BCUT2D eigenvalue weighted by Crippen LogP contribution is 2.49. The van der Waals surface area contributed by atoms with E-state index in [4.69, 9.17) is 23.2 Å². The van der Waals surface area contributed by atoms with Crippen LogP contribution in [0.25, 0.3) is 0 Å². The van der Waals surface area contributed by atoms with Crippen molar-refractivity contribution in [1.82, 2.24) is 4.90 Å². The molecule has 1 aliphatic carbocycles. The summed E-state index contributed by atoms with van der Waals surface area (Å²) in [5.41, 5.74) is 1.68. The van der Waals surface area contributed by atoms with Crippen LogP contribution in [0.1, 0.15) is 32.3 Å². The summed E-state index contributed by atoms with van der Waals surface area (Å²) in [6, 6.07) is 6.09. The van der Waals surface area contributed by atoms with Gasteiger partial charge in [0, 0.05) is 12.0 Å². The number of hydrogen-bond donors (Lipinski definition) is 0. The molecule has 0 unspecified atom stereocenters. The van der Waals surface area contributed by atoms with Gasteiger partial charge in [0.05, 0.1) is 10.0 Å². The summed E-state index contributed by atoms with van der Waals surface area (Å²) in [6.45, 7) is 7.79. The highest BCUT2D eigenvalue weighted by molar-refractivity contribution is 6.42. The molecule has 0 atom stereocenters. The van der Waals surface area contributed by atoms with E-state index in [-0.39, 0.29) is 0 Å². The van der Waals surface area contributed by atoms with Crippen LogP contribution < -0.4 is 0 Å². The van der Waals surface area contributed by atoms with Crippen molar-refractivity contribution in [3.05, 3.63) is 33.8 Å². The summed E-state index contributed by atoms with van der Waals surface area (Å²) in [4.78, 5) is 2.48. The largest absolute Gasteiger partial charge is 0.303 e. The molecule has 0 saturated heterocycles. The SMILES string of the molecule is CCN(CC)CC1(c2ccc(Cl)c(Cl)c2)CC1. The number of nitrogens with zero attached hydrogens (tertiary/aromatic N) is 1. The second-order valence-electron chi connectivity index (χ2n) is 4.87. The topological polar surface area (TPSA) is 3.24 Å². The Kier molecular flexibility index (Phi) is 4.02. The quantitative estimate of drug-likeness (QED) is 0.769. The first-order chi connectivity index (χ1) is 8.11. The molecular weight excluding hydrogens is 253 g/mol. The Balaban J connectivity index is 2.17. The molecule has 0 aromatic heterocycles. The van der Waals surface area contributed by atoms with Gasteiger partial charge in [-0.25, -0.2) is 0 Å². The molecule has 3 heteroatoms. The van der Waals surface area contributed by atoms with Crippen molar-refractivity contribution in [2.75, 3.05) is 19.6 Å². The Labute approximate surface area is 114 Å². The molecule has 1 aliphatic rings. The third kappa shape index (κ3) is 2.78. The van der Waals surface area contributed by atoms with E-state index in [1.54, 1.807) is 0 Å². The third-order valence-electron chi connectivity index (χ3n) is 3.81. The average molecular weight is 272 g/mol. The first-order valence-corrected chi connectivity index (χ1v) is 7.05. The standard InChI is InChI=1S/C14H19Cl2N/c1-3-17(4-2)10-14(7-8-14)11-5-6-12(15)13(16)9-11/h5-6,9H,3-4,7-8,10H2,1-2H3. The molecule has 1 aromatic rings. The van der Waals surface area contributed by atoms with Gasteiger partial charge in [-0.3, -0.25) is 0 Å². The van der Waals surface area contributed by atoms with E-state index < -0.39 is 0 Å². The van der Waals surface area contributed by atoms with Crippen molar-refractivity contribution >= 4 is 23.2 Å². The van der Waals surface area contributed by atoms with Crippen LogP contribution in [0.3, 0.4) is 0 Å². The van der Waals surface area contributed by atoms with Crippen molar-refractivity contribution in [2.24, 2.45) is 0 Å². The molecule has 94 valence electrons. The van der Waals surface area contributed by atoms with Crippen LogP contribution in [-0.2, 0) is 5.41 Å². The number of hydrogen-bond acceptors (Lipinski definition) is 1. The smallest absolute Gasteiger partial charge is 0.0595 e. The van der Waals surface area contributed by atoms with Crippen LogP contribution in [0.15, 0.2) is 18.2 Å². The van der Waals surface area contributed by atoms with Crippen LogP contribution in [-0.4, -0.2) is 24.5 Å². The zero-order chi connectivity index (χ0) is 12.5. The van der Waals surface area contributed by atoms with Gasteiger partial charge in [-0.1, -0.05) is 43.1 Å². The molecule has 0 heterocycles. The molecule has 1 fully saturated rings. The Morgan fingerprint density at radius 2 is 1.76 bits per heavy atom. The van der Waals surface area contributed by atoms with E-state index in [1.807, 2.05) is 12.1 Å². The van der Waals surface area contributed by atoms with Gasteiger partial charge in [0.25, 0.3) is 0 Å². The minimum atomic E-state index is 0.334. The molecule has 1 aromatic carbocycles. The summed E-state index contributed by atoms with van der Waals surface area (Å²) >= 11 is 12.1. The minimum absolute atomic E-state index is 0.334. The van der Waals surface area contributed by atoms with E-state index in [0.29, 0.717) is 15.5 Å². The first-order valence-electron chi connectivity index (χ1n) is 6.29. The predicted octanol–water partition coefficient (Wildman–Crippen LogP) is 4.37. The van der Waals surface area contributed by atoms with Crippen molar-refractivity contribution in [3.8, 4) is 0 Å². The van der Waals surface area contributed by atoms with E-state index >= 15 is 0 Å². The Morgan fingerprint density at radius 3 is 2.24 bits per heavy atom. The fraction of sp³-hybridized carbons (Fsp3) is 0.571. The van der Waals surface area contributed by atoms with Crippen molar-refractivity contribution in [2.45, 2.75) is 32.1 Å². The highest BCUT2D eigenvalue weighted by Gasteiger charge is 2.45. The van der Waals surface area contributed by atoms with E-state index in [2.05, 4.69) is 24.8 Å². The van der Waals surface area contributed by atoms with Crippen molar-refractivity contribution in [1.29, 1.82) is 0 Å². The van der Waals surface area contributed by atoms with Crippen LogP contribution in [0.2, 0.25) is 10.0 Å². The van der Waals surface area contributed by atoms with E-state index in [1.165, 1.54) is 18.4 Å². The summed E-state index contributed by atoms with van der Waals surface area (Å²) in [7, 11) is 0. The van der Waals surface area contributed by atoms with Gasteiger partial charge >= 0.3 is 0 Å². The summed E-state index contributed by atoms with van der Waals surface area (Å²) in [5, 5.41) is 1.32. The Hall–Kier alpha value is -0.240. The summed E-state index contributed by atoms with van der Waals surface area (Å²) in [5.74, 6) is 0. The van der Waals surface area contributed by atoms with Crippen LogP contribution in [0.4, 0.5) is 0 Å². The van der Waals surface area contributed by atoms with Crippen LogP contribution in [0.5, 0.6) is 0 Å². The molecule has 1 nitrogen and oxygen atoms in total. The van der Waals surface area contributed by atoms with Gasteiger partial charge in [0.15, 0.2) is 0 Å². The second-order valence-corrected chi connectivity index (χ2v) is 5.69. The van der Waals surface area contributed by atoms with Gasteiger partial charge < -0.3 is 4.90 Å². The predicted molar refractivity (Wildman–Crippen MR) is 75.2 cm³/mol. The van der Waals surface area contributed by atoms with E-state index in [9.17, 15) is 0 Å². The first kappa shape index (κ1) is 13.2. The maximum Gasteiger partial charge on any atom is 0.0595 e. The number of likely N-dealkylation sites (N-methyl/N-ethyl adjacent to an activating group) is 1. The lowest BCUT2D eigenvalue weighted by Crippen LogP contribution is -2.32. The molecule has 0 amide bonds. The fourth-order valence-corrected chi connectivity index (χ4v) is 2.69. The van der Waals surface area contributed by atoms with Gasteiger partial charge in [-0.15, -0.1) is 0 Å². The maximum absolute atomic E-state index is 6.11. The van der Waals surface area contributed by atoms with Gasteiger partial charge in [0.1, 0.15) is 0 Å². The number of benzene rings is 1. The van der Waals surface area contributed by atoms with Gasteiger partial charge in [-0.2, -0.15) is 0 Å². The monoisotopic (exact) mass is 271 g/mol. The lowest BCUT2D eigenvalue weighted by atomic mass is 9.95. The second kappa shape index (κ2) is 5.17.